The molecule has 1 saturated heterocycles. The Morgan fingerprint density at radius 2 is 1.70 bits per heavy atom. The first-order valence-electron chi connectivity index (χ1n) is 9.67. The highest BCUT2D eigenvalue weighted by Gasteiger charge is 2.21. The average Bonchev–Trinajstić information content (AvgIpc) is 2.72. The number of hydrogen-bond donors (Lipinski definition) is 1. The largest absolute Gasteiger partial charge is 0.369 e. The number of amides is 1. The van der Waals surface area contributed by atoms with Crippen molar-refractivity contribution in [3.63, 3.8) is 0 Å². The molecule has 1 aliphatic heterocycles. The van der Waals surface area contributed by atoms with E-state index in [-0.39, 0.29) is 11.7 Å². The van der Waals surface area contributed by atoms with Crippen LogP contribution in [0.1, 0.15) is 18.9 Å². The van der Waals surface area contributed by atoms with Crippen molar-refractivity contribution >= 4 is 11.6 Å². The van der Waals surface area contributed by atoms with Crippen molar-refractivity contribution in [3.05, 3.63) is 66.0 Å². The number of carbonyl (C=O) groups excluding carboxylic acids is 1. The van der Waals surface area contributed by atoms with Gasteiger partial charge in [0.05, 0.1) is 0 Å². The van der Waals surface area contributed by atoms with Gasteiger partial charge in [-0.1, -0.05) is 30.3 Å². The molecule has 0 saturated carbocycles. The summed E-state index contributed by atoms with van der Waals surface area (Å²) in [7, 11) is 0. The van der Waals surface area contributed by atoms with E-state index in [2.05, 4.69) is 46.3 Å². The Balaban J connectivity index is 1.36. The number of rotatable bonds is 7. The second-order valence-corrected chi connectivity index (χ2v) is 7.14. The first-order chi connectivity index (χ1) is 13.1. The van der Waals surface area contributed by atoms with Gasteiger partial charge in [0.1, 0.15) is 5.82 Å². The zero-order chi connectivity index (χ0) is 19.1. The highest BCUT2D eigenvalue weighted by atomic mass is 19.1. The van der Waals surface area contributed by atoms with Gasteiger partial charge in [-0.15, -0.1) is 0 Å². The van der Waals surface area contributed by atoms with E-state index in [9.17, 15) is 9.18 Å². The number of halogens is 1. The van der Waals surface area contributed by atoms with Crippen LogP contribution in [0.5, 0.6) is 0 Å². The molecule has 2 aromatic carbocycles. The summed E-state index contributed by atoms with van der Waals surface area (Å²) in [6.45, 7) is 6.84. The molecule has 144 valence electrons. The molecule has 0 aliphatic carbocycles. The van der Waals surface area contributed by atoms with Gasteiger partial charge in [0.25, 0.3) is 0 Å². The molecule has 1 atom stereocenters. The van der Waals surface area contributed by atoms with Crippen molar-refractivity contribution in [2.75, 3.05) is 37.6 Å². The molecule has 1 unspecified atom stereocenters. The molecule has 0 radical (unpaired) electrons. The summed E-state index contributed by atoms with van der Waals surface area (Å²) < 4.78 is 12.9. The first kappa shape index (κ1) is 19.4. The number of nitrogens with one attached hydrogen (secondary N) is 1. The fourth-order valence-corrected chi connectivity index (χ4v) is 3.45. The number of nitrogens with zero attached hydrogens (tertiary/aromatic N) is 2. The lowest BCUT2D eigenvalue weighted by Crippen LogP contribution is -2.52. The van der Waals surface area contributed by atoms with Gasteiger partial charge in [0.15, 0.2) is 0 Å². The summed E-state index contributed by atoms with van der Waals surface area (Å²) in [6, 6.07) is 17.2. The molecule has 1 N–H and O–H groups in total. The van der Waals surface area contributed by atoms with Crippen LogP contribution in [0.3, 0.4) is 0 Å². The topological polar surface area (TPSA) is 35.6 Å². The zero-order valence-electron chi connectivity index (χ0n) is 15.9. The minimum atomic E-state index is -0.246. The Kier molecular flexibility index (Phi) is 6.82. The molecule has 0 bridgehead atoms. The molecular formula is C22H28FN3O. The number of hydrogen-bond acceptors (Lipinski definition) is 3. The molecule has 0 spiro atoms. The lowest BCUT2D eigenvalue weighted by Gasteiger charge is -2.39. The third-order valence-electron chi connectivity index (χ3n) is 5.21. The van der Waals surface area contributed by atoms with E-state index < -0.39 is 0 Å². The van der Waals surface area contributed by atoms with E-state index in [0.29, 0.717) is 25.4 Å². The van der Waals surface area contributed by atoms with Gasteiger partial charge >= 0.3 is 0 Å². The van der Waals surface area contributed by atoms with Crippen LogP contribution in [0.25, 0.3) is 0 Å². The van der Waals surface area contributed by atoms with Gasteiger partial charge in [0, 0.05) is 50.9 Å². The van der Waals surface area contributed by atoms with Gasteiger partial charge in [-0.3, -0.25) is 9.69 Å². The van der Waals surface area contributed by atoms with E-state index in [1.807, 2.05) is 6.07 Å². The van der Waals surface area contributed by atoms with Gasteiger partial charge < -0.3 is 10.2 Å². The Morgan fingerprint density at radius 1 is 1.04 bits per heavy atom. The normalized spacial score (nSPS) is 16.1. The molecule has 1 amide bonds. The fraction of sp³-hybridized carbons (Fsp3) is 0.409. The summed E-state index contributed by atoms with van der Waals surface area (Å²) in [5.74, 6) is -0.196. The molecule has 27 heavy (non-hydrogen) atoms. The van der Waals surface area contributed by atoms with Crippen LogP contribution in [0, 0.1) is 5.82 Å². The predicted molar refractivity (Wildman–Crippen MR) is 107 cm³/mol. The Bertz CT molecular complexity index is 712. The SMILES string of the molecule is CC(CNC(=O)CCc1ccc(F)cc1)N1CCN(c2ccccc2)CC1. The Hall–Kier alpha value is -2.40. The van der Waals surface area contributed by atoms with Crippen LogP contribution in [-0.4, -0.2) is 49.6 Å². The van der Waals surface area contributed by atoms with Crippen molar-refractivity contribution in [2.45, 2.75) is 25.8 Å². The van der Waals surface area contributed by atoms with E-state index in [1.54, 1.807) is 12.1 Å². The van der Waals surface area contributed by atoms with Crippen LogP contribution in [0.2, 0.25) is 0 Å². The smallest absolute Gasteiger partial charge is 0.220 e. The second kappa shape index (κ2) is 9.51. The summed E-state index contributed by atoms with van der Waals surface area (Å²) in [5, 5.41) is 3.04. The molecule has 1 fully saturated rings. The molecule has 0 aromatic heterocycles. The van der Waals surface area contributed by atoms with Gasteiger partial charge in [-0.2, -0.15) is 0 Å². The Morgan fingerprint density at radius 3 is 2.37 bits per heavy atom. The van der Waals surface area contributed by atoms with Crippen LogP contribution in [0.4, 0.5) is 10.1 Å². The summed E-state index contributed by atoms with van der Waals surface area (Å²) in [6.07, 6.45) is 1.07. The maximum atomic E-state index is 12.9. The van der Waals surface area contributed by atoms with E-state index in [1.165, 1.54) is 17.8 Å². The predicted octanol–water partition coefficient (Wildman–Crippen LogP) is 3.09. The molecule has 5 heteroatoms. The first-order valence-corrected chi connectivity index (χ1v) is 9.67. The van der Waals surface area contributed by atoms with Crippen LogP contribution >= 0.6 is 0 Å². The third-order valence-corrected chi connectivity index (χ3v) is 5.21. The fourth-order valence-electron chi connectivity index (χ4n) is 3.45. The van der Waals surface area contributed by atoms with Crippen molar-refractivity contribution in [1.29, 1.82) is 0 Å². The molecule has 3 rings (SSSR count). The summed E-state index contributed by atoms with van der Waals surface area (Å²) >= 11 is 0. The summed E-state index contributed by atoms with van der Waals surface area (Å²) in [4.78, 5) is 16.9. The number of carbonyl (C=O) groups is 1. The van der Waals surface area contributed by atoms with Crippen LogP contribution in [-0.2, 0) is 11.2 Å². The second-order valence-electron chi connectivity index (χ2n) is 7.14. The quantitative estimate of drug-likeness (QED) is 0.815. The number of aryl methyl sites for hydroxylation is 1. The maximum absolute atomic E-state index is 12.9. The third kappa shape index (κ3) is 5.79. The number of piperazine rings is 1. The van der Waals surface area contributed by atoms with E-state index in [4.69, 9.17) is 0 Å². The molecular weight excluding hydrogens is 341 g/mol. The van der Waals surface area contributed by atoms with Crippen molar-refractivity contribution in [3.8, 4) is 0 Å². The van der Waals surface area contributed by atoms with Crippen LogP contribution in [0.15, 0.2) is 54.6 Å². The average molecular weight is 369 g/mol. The standard InChI is InChI=1S/C22H28FN3O/c1-18(17-24-22(27)12-9-19-7-10-20(23)11-8-19)25-13-15-26(16-14-25)21-5-3-2-4-6-21/h2-8,10-11,18H,9,12-17H2,1H3,(H,24,27). The number of anilines is 1. The van der Waals surface area contributed by atoms with E-state index in [0.717, 1.165) is 31.7 Å². The monoisotopic (exact) mass is 369 g/mol. The van der Waals surface area contributed by atoms with Crippen molar-refractivity contribution in [2.24, 2.45) is 0 Å². The highest BCUT2D eigenvalue weighted by Crippen LogP contribution is 2.16. The Labute approximate surface area is 161 Å². The van der Waals surface area contributed by atoms with Crippen LogP contribution < -0.4 is 10.2 Å². The van der Waals surface area contributed by atoms with Gasteiger partial charge in [0.2, 0.25) is 5.91 Å². The maximum Gasteiger partial charge on any atom is 0.220 e. The molecule has 1 heterocycles. The van der Waals surface area contributed by atoms with E-state index >= 15 is 0 Å². The minimum absolute atomic E-state index is 0.0501. The lowest BCUT2D eigenvalue weighted by atomic mass is 10.1. The van der Waals surface area contributed by atoms with Gasteiger partial charge in [-0.05, 0) is 43.2 Å². The zero-order valence-corrected chi connectivity index (χ0v) is 15.9. The van der Waals surface area contributed by atoms with Gasteiger partial charge in [-0.25, -0.2) is 4.39 Å². The number of benzene rings is 2. The number of para-hydroxylation sites is 1. The molecule has 2 aromatic rings. The van der Waals surface area contributed by atoms with Crippen molar-refractivity contribution < 1.29 is 9.18 Å². The molecule has 1 aliphatic rings. The lowest BCUT2D eigenvalue weighted by molar-refractivity contribution is -0.121. The minimum Gasteiger partial charge on any atom is -0.369 e. The van der Waals surface area contributed by atoms with Crippen molar-refractivity contribution in [1.82, 2.24) is 10.2 Å². The molecule has 4 nitrogen and oxygen atoms in total. The highest BCUT2D eigenvalue weighted by molar-refractivity contribution is 5.76. The summed E-state index contributed by atoms with van der Waals surface area (Å²) in [5.41, 5.74) is 2.26.